The van der Waals surface area contributed by atoms with Crippen LogP contribution in [0.15, 0.2) is 0 Å². The van der Waals surface area contributed by atoms with Gasteiger partial charge in [-0.05, 0) is 31.7 Å². The second-order valence-corrected chi connectivity index (χ2v) is 5.23. The summed E-state index contributed by atoms with van der Waals surface area (Å²) < 4.78 is 0. The molecule has 1 unspecified atom stereocenters. The van der Waals surface area contributed by atoms with E-state index in [9.17, 15) is 9.90 Å². The van der Waals surface area contributed by atoms with Crippen LogP contribution in [0.3, 0.4) is 0 Å². The molecule has 0 aromatic heterocycles. The number of nitrogens with one attached hydrogen (secondary N) is 2. The fourth-order valence-electron chi connectivity index (χ4n) is 1.83. The molecule has 5 heteroatoms. The molecule has 3 N–H and O–H groups in total. The largest absolute Gasteiger partial charge is 0.393 e. The Morgan fingerprint density at radius 3 is 2.56 bits per heavy atom. The Bertz CT molecular complexity index is 228. The van der Waals surface area contributed by atoms with Crippen molar-refractivity contribution in [1.29, 1.82) is 0 Å². The lowest BCUT2D eigenvalue weighted by Crippen LogP contribution is -2.54. The van der Waals surface area contributed by atoms with Gasteiger partial charge in [0.2, 0.25) is 5.91 Å². The molecule has 1 amide bonds. The first kappa shape index (κ1) is 15.7. The standard InChI is InChI=1S/C11H22N2O2.ClH/c1-8(14)6-11(2,3)7-13-10(15)9-4-5-12-9;/h8-9,12,14H,4-7H2,1-3H3,(H,13,15);1H/t8?,9-;/m1./s1. The van der Waals surface area contributed by atoms with Crippen LogP contribution < -0.4 is 10.6 Å². The Balaban J connectivity index is 0.00000225. The molecule has 1 aliphatic rings. The number of carbonyl (C=O) groups excluding carboxylic acids is 1. The van der Waals surface area contributed by atoms with Crippen LogP contribution in [0.4, 0.5) is 0 Å². The van der Waals surface area contributed by atoms with Crippen molar-refractivity contribution >= 4 is 18.3 Å². The van der Waals surface area contributed by atoms with Crippen molar-refractivity contribution in [2.45, 2.75) is 45.8 Å². The summed E-state index contributed by atoms with van der Waals surface area (Å²) in [4.78, 5) is 11.5. The first-order valence-electron chi connectivity index (χ1n) is 5.60. The average Bonchev–Trinajstić information content (AvgIpc) is 1.95. The second kappa shape index (κ2) is 6.42. The van der Waals surface area contributed by atoms with Crippen molar-refractivity contribution in [1.82, 2.24) is 10.6 Å². The number of hydrogen-bond acceptors (Lipinski definition) is 3. The molecule has 96 valence electrons. The van der Waals surface area contributed by atoms with Gasteiger partial charge < -0.3 is 15.7 Å². The maximum atomic E-state index is 11.5. The summed E-state index contributed by atoms with van der Waals surface area (Å²) in [5.74, 6) is 0.0833. The van der Waals surface area contributed by atoms with E-state index in [1.165, 1.54) is 0 Å². The highest BCUT2D eigenvalue weighted by Crippen LogP contribution is 2.21. The Morgan fingerprint density at radius 1 is 1.62 bits per heavy atom. The predicted octanol–water partition coefficient (Wildman–Crippen LogP) is 0.683. The number of halogens is 1. The van der Waals surface area contributed by atoms with Gasteiger partial charge in [-0.3, -0.25) is 4.79 Å². The summed E-state index contributed by atoms with van der Waals surface area (Å²) in [5, 5.41) is 15.3. The van der Waals surface area contributed by atoms with Crippen LogP contribution in [0.1, 0.15) is 33.6 Å². The molecule has 2 atom stereocenters. The van der Waals surface area contributed by atoms with Crippen LogP contribution in [0, 0.1) is 5.41 Å². The van der Waals surface area contributed by atoms with Gasteiger partial charge in [-0.2, -0.15) is 0 Å². The highest BCUT2D eigenvalue weighted by molar-refractivity contribution is 5.85. The van der Waals surface area contributed by atoms with E-state index in [0.29, 0.717) is 13.0 Å². The van der Waals surface area contributed by atoms with Gasteiger partial charge in [0.15, 0.2) is 0 Å². The van der Waals surface area contributed by atoms with Crippen LogP contribution in [-0.4, -0.2) is 36.2 Å². The van der Waals surface area contributed by atoms with Gasteiger partial charge in [0.25, 0.3) is 0 Å². The number of aliphatic hydroxyl groups is 1. The van der Waals surface area contributed by atoms with Gasteiger partial charge in [0, 0.05) is 6.54 Å². The smallest absolute Gasteiger partial charge is 0.237 e. The third-order valence-electron chi connectivity index (χ3n) is 2.73. The van der Waals surface area contributed by atoms with Gasteiger partial charge in [0.1, 0.15) is 0 Å². The van der Waals surface area contributed by atoms with Gasteiger partial charge in [-0.1, -0.05) is 13.8 Å². The molecule has 0 aromatic carbocycles. The third-order valence-corrected chi connectivity index (χ3v) is 2.73. The van der Waals surface area contributed by atoms with Crippen LogP contribution in [-0.2, 0) is 4.79 Å². The molecular weight excluding hydrogens is 228 g/mol. The summed E-state index contributed by atoms with van der Waals surface area (Å²) >= 11 is 0. The summed E-state index contributed by atoms with van der Waals surface area (Å²) in [6, 6.07) is 0.00681. The fraction of sp³-hybridized carbons (Fsp3) is 0.909. The van der Waals surface area contributed by atoms with Gasteiger partial charge in [-0.15, -0.1) is 12.4 Å². The van der Waals surface area contributed by atoms with Crippen molar-refractivity contribution in [3.63, 3.8) is 0 Å². The highest BCUT2D eigenvalue weighted by atomic mass is 35.5. The minimum absolute atomic E-state index is 0. The Labute approximate surface area is 104 Å². The van der Waals surface area contributed by atoms with Crippen LogP contribution in [0.2, 0.25) is 0 Å². The summed E-state index contributed by atoms with van der Waals surface area (Å²) in [5.41, 5.74) is -0.0480. The first-order valence-corrected chi connectivity index (χ1v) is 5.60. The zero-order valence-electron chi connectivity index (χ0n) is 10.2. The normalized spacial score (nSPS) is 21.6. The molecule has 1 rings (SSSR count). The molecule has 1 saturated heterocycles. The molecule has 0 aliphatic carbocycles. The van der Waals surface area contributed by atoms with Crippen molar-refractivity contribution in [2.75, 3.05) is 13.1 Å². The topological polar surface area (TPSA) is 61.4 Å². The van der Waals surface area contributed by atoms with Crippen LogP contribution in [0.5, 0.6) is 0 Å². The molecule has 0 bridgehead atoms. The van der Waals surface area contributed by atoms with E-state index in [0.717, 1.165) is 13.0 Å². The lowest BCUT2D eigenvalue weighted by Gasteiger charge is -2.30. The predicted molar refractivity (Wildman–Crippen MR) is 66.7 cm³/mol. The SMILES string of the molecule is CC(O)CC(C)(C)CNC(=O)[C@H]1CCN1.Cl. The fourth-order valence-corrected chi connectivity index (χ4v) is 1.83. The van der Waals surface area contributed by atoms with E-state index in [1.807, 2.05) is 13.8 Å². The Kier molecular flexibility index (Phi) is 6.30. The van der Waals surface area contributed by atoms with Crippen molar-refractivity contribution in [2.24, 2.45) is 5.41 Å². The second-order valence-electron chi connectivity index (χ2n) is 5.23. The number of aliphatic hydroxyl groups excluding tert-OH is 1. The van der Waals surface area contributed by atoms with Gasteiger partial charge in [0.05, 0.1) is 12.1 Å². The maximum absolute atomic E-state index is 11.5. The summed E-state index contributed by atoms with van der Waals surface area (Å²) in [6.45, 7) is 7.43. The number of carbonyl (C=O) groups is 1. The number of hydrogen-bond donors (Lipinski definition) is 3. The van der Waals surface area contributed by atoms with E-state index in [1.54, 1.807) is 6.92 Å². The van der Waals surface area contributed by atoms with Gasteiger partial charge >= 0.3 is 0 Å². The quantitative estimate of drug-likeness (QED) is 0.673. The molecule has 1 heterocycles. The summed E-state index contributed by atoms with van der Waals surface area (Å²) in [7, 11) is 0. The number of rotatable bonds is 5. The first-order chi connectivity index (χ1) is 6.91. The molecule has 1 fully saturated rings. The van der Waals surface area contributed by atoms with E-state index in [4.69, 9.17) is 0 Å². The minimum Gasteiger partial charge on any atom is -0.393 e. The zero-order valence-corrected chi connectivity index (χ0v) is 11.1. The monoisotopic (exact) mass is 250 g/mol. The Morgan fingerprint density at radius 2 is 2.19 bits per heavy atom. The van der Waals surface area contributed by atoms with Crippen LogP contribution >= 0.6 is 12.4 Å². The van der Waals surface area contributed by atoms with Crippen molar-refractivity contribution in [3.8, 4) is 0 Å². The van der Waals surface area contributed by atoms with E-state index in [2.05, 4.69) is 10.6 Å². The molecule has 0 spiro atoms. The van der Waals surface area contributed by atoms with E-state index in [-0.39, 0.29) is 35.9 Å². The van der Waals surface area contributed by atoms with E-state index >= 15 is 0 Å². The summed E-state index contributed by atoms with van der Waals surface area (Å²) in [6.07, 6.45) is 1.31. The molecule has 0 aromatic rings. The molecule has 1 aliphatic heterocycles. The molecule has 4 nitrogen and oxygen atoms in total. The molecule has 0 saturated carbocycles. The van der Waals surface area contributed by atoms with Crippen molar-refractivity contribution in [3.05, 3.63) is 0 Å². The third kappa shape index (κ3) is 5.14. The average molecular weight is 251 g/mol. The number of amides is 1. The maximum Gasteiger partial charge on any atom is 0.237 e. The van der Waals surface area contributed by atoms with Crippen LogP contribution in [0.25, 0.3) is 0 Å². The van der Waals surface area contributed by atoms with Crippen molar-refractivity contribution < 1.29 is 9.90 Å². The Hall–Kier alpha value is -0.320. The highest BCUT2D eigenvalue weighted by Gasteiger charge is 2.27. The molecular formula is C11H23ClN2O2. The lowest BCUT2D eigenvalue weighted by atomic mass is 9.87. The zero-order chi connectivity index (χ0) is 11.5. The molecule has 16 heavy (non-hydrogen) atoms. The lowest BCUT2D eigenvalue weighted by molar-refractivity contribution is -0.125. The van der Waals surface area contributed by atoms with Gasteiger partial charge in [-0.25, -0.2) is 0 Å². The minimum atomic E-state index is -0.321. The van der Waals surface area contributed by atoms with E-state index < -0.39 is 0 Å². The molecule has 0 radical (unpaired) electrons.